The Bertz CT molecular complexity index is 671. The molecule has 2 rings (SSSR count). The van der Waals surface area contributed by atoms with Crippen LogP contribution in [0.25, 0.3) is 0 Å². The van der Waals surface area contributed by atoms with Gasteiger partial charge in [-0.3, -0.25) is 4.79 Å². The molecule has 0 heterocycles. The molecule has 0 aromatic heterocycles. The Labute approximate surface area is 160 Å². The first-order valence-corrected chi connectivity index (χ1v) is 9.99. The Morgan fingerprint density at radius 3 is 2.35 bits per heavy atom. The first-order valence-electron chi connectivity index (χ1n) is 8.84. The van der Waals surface area contributed by atoms with Gasteiger partial charge in [0.1, 0.15) is 11.5 Å². The van der Waals surface area contributed by atoms with E-state index in [1.54, 1.807) is 7.11 Å². The molecule has 2 aromatic carbocycles. The van der Waals surface area contributed by atoms with Crippen molar-refractivity contribution >= 4 is 17.7 Å². The number of aryl methyl sites for hydroxylation is 1. The molecule has 0 saturated carbocycles. The van der Waals surface area contributed by atoms with E-state index in [4.69, 9.17) is 9.47 Å². The average Bonchev–Trinajstić information content (AvgIpc) is 2.67. The third kappa shape index (κ3) is 6.64. The molecule has 0 saturated heterocycles. The van der Waals surface area contributed by atoms with E-state index >= 15 is 0 Å². The topological polar surface area (TPSA) is 47.6 Å². The maximum absolute atomic E-state index is 12.3. The zero-order valence-corrected chi connectivity index (χ0v) is 16.5. The Hall–Kier alpha value is -2.14. The van der Waals surface area contributed by atoms with E-state index in [1.165, 1.54) is 11.1 Å². The summed E-state index contributed by atoms with van der Waals surface area (Å²) in [7, 11) is 1.62. The highest BCUT2D eigenvalue weighted by Crippen LogP contribution is 2.19. The second kappa shape index (κ2) is 10.8. The molecule has 1 N–H and O–H groups in total. The van der Waals surface area contributed by atoms with Crippen LogP contribution in [-0.4, -0.2) is 31.4 Å². The standard InChI is InChI=1S/C21H27NO3S/c1-4-20(25-19-11-9-18(24-3)10-12-19)21(23)22-13-14-26-15-17-7-5-16(2)6-8-17/h5-12,20H,4,13-15H2,1-3H3,(H,22,23)/t20-/m1/s1. The molecular weight excluding hydrogens is 346 g/mol. The van der Waals surface area contributed by atoms with Crippen molar-refractivity contribution in [3.8, 4) is 11.5 Å². The van der Waals surface area contributed by atoms with Crippen molar-refractivity contribution in [2.45, 2.75) is 32.1 Å². The van der Waals surface area contributed by atoms with Crippen LogP contribution >= 0.6 is 11.8 Å². The number of hydrogen-bond donors (Lipinski definition) is 1. The molecule has 4 nitrogen and oxygen atoms in total. The van der Waals surface area contributed by atoms with Crippen LogP contribution in [0, 0.1) is 6.92 Å². The van der Waals surface area contributed by atoms with E-state index in [9.17, 15) is 4.79 Å². The number of methoxy groups -OCH3 is 1. The highest BCUT2D eigenvalue weighted by Gasteiger charge is 2.17. The van der Waals surface area contributed by atoms with Crippen LogP contribution in [0.1, 0.15) is 24.5 Å². The quantitative estimate of drug-likeness (QED) is 0.634. The third-order valence-corrected chi connectivity index (χ3v) is 4.97. The van der Waals surface area contributed by atoms with Gasteiger partial charge in [0.05, 0.1) is 7.11 Å². The van der Waals surface area contributed by atoms with Crippen molar-refractivity contribution in [1.29, 1.82) is 0 Å². The second-order valence-corrected chi connectivity index (χ2v) is 7.12. The smallest absolute Gasteiger partial charge is 0.261 e. The van der Waals surface area contributed by atoms with Gasteiger partial charge < -0.3 is 14.8 Å². The van der Waals surface area contributed by atoms with Gasteiger partial charge in [0.25, 0.3) is 5.91 Å². The highest BCUT2D eigenvalue weighted by atomic mass is 32.2. The number of carbonyl (C=O) groups is 1. The number of benzene rings is 2. The minimum Gasteiger partial charge on any atom is -0.497 e. The Morgan fingerprint density at radius 2 is 1.73 bits per heavy atom. The molecule has 0 aliphatic heterocycles. The van der Waals surface area contributed by atoms with Gasteiger partial charge in [-0.25, -0.2) is 0 Å². The number of hydrogen-bond acceptors (Lipinski definition) is 4. The van der Waals surface area contributed by atoms with Crippen LogP contribution in [0.4, 0.5) is 0 Å². The number of thioether (sulfide) groups is 1. The fourth-order valence-corrected chi connectivity index (χ4v) is 3.19. The van der Waals surface area contributed by atoms with Crippen molar-refractivity contribution in [3.63, 3.8) is 0 Å². The van der Waals surface area contributed by atoms with Gasteiger partial charge >= 0.3 is 0 Å². The largest absolute Gasteiger partial charge is 0.497 e. The van der Waals surface area contributed by atoms with E-state index in [1.807, 2.05) is 43.0 Å². The lowest BCUT2D eigenvalue weighted by Crippen LogP contribution is -2.39. The van der Waals surface area contributed by atoms with E-state index < -0.39 is 6.10 Å². The van der Waals surface area contributed by atoms with Crippen LogP contribution < -0.4 is 14.8 Å². The van der Waals surface area contributed by atoms with Gasteiger partial charge in [0, 0.05) is 18.1 Å². The Balaban J connectivity index is 1.69. The summed E-state index contributed by atoms with van der Waals surface area (Å²) in [5.41, 5.74) is 2.58. The predicted octanol–water partition coefficient (Wildman–Crippen LogP) is 4.21. The molecule has 5 heteroatoms. The summed E-state index contributed by atoms with van der Waals surface area (Å²) in [5, 5.41) is 2.96. The summed E-state index contributed by atoms with van der Waals surface area (Å²) in [6, 6.07) is 15.8. The average molecular weight is 374 g/mol. The van der Waals surface area contributed by atoms with Crippen molar-refractivity contribution in [1.82, 2.24) is 5.32 Å². The zero-order valence-electron chi connectivity index (χ0n) is 15.7. The third-order valence-electron chi connectivity index (χ3n) is 3.94. The SMILES string of the molecule is CC[C@@H](Oc1ccc(OC)cc1)C(=O)NCCSCc1ccc(C)cc1. The fraction of sp³-hybridized carbons (Fsp3) is 0.381. The van der Waals surface area contributed by atoms with Crippen LogP contribution in [-0.2, 0) is 10.5 Å². The molecule has 0 fully saturated rings. The lowest BCUT2D eigenvalue weighted by atomic mass is 10.2. The first kappa shape index (κ1) is 20.2. The lowest BCUT2D eigenvalue weighted by Gasteiger charge is -2.17. The normalized spacial score (nSPS) is 11.7. The summed E-state index contributed by atoms with van der Waals surface area (Å²) in [6.45, 7) is 4.67. The second-order valence-electron chi connectivity index (χ2n) is 6.02. The highest BCUT2D eigenvalue weighted by molar-refractivity contribution is 7.98. The van der Waals surface area contributed by atoms with Crippen LogP contribution in [0.2, 0.25) is 0 Å². The monoisotopic (exact) mass is 373 g/mol. The molecular formula is C21H27NO3S. The molecule has 0 unspecified atom stereocenters. The van der Waals surface area contributed by atoms with Gasteiger partial charge in [0.2, 0.25) is 0 Å². The number of ether oxygens (including phenoxy) is 2. The molecule has 0 aliphatic carbocycles. The number of carbonyl (C=O) groups excluding carboxylic acids is 1. The summed E-state index contributed by atoms with van der Waals surface area (Å²) in [6.07, 6.45) is 0.138. The summed E-state index contributed by atoms with van der Waals surface area (Å²) in [5.74, 6) is 3.19. The minimum absolute atomic E-state index is 0.0701. The summed E-state index contributed by atoms with van der Waals surface area (Å²) >= 11 is 1.81. The van der Waals surface area contributed by atoms with Crippen LogP contribution in [0.3, 0.4) is 0 Å². The van der Waals surface area contributed by atoms with E-state index in [-0.39, 0.29) is 5.91 Å². The van der Waals surface area contributed by atoms with Crippen molar-refractivity contribution in [2.75, 3.05) is 19.4 Å². The van der Waals surface area contributed by atoms with E-state index in [0.717, 1.165) is 17.3 Å². The molecule has 1 atom stereocenters. The van der Waals surface area contributed by atoms with Crippen LogP contribution in [0.15, 0.2) is 48.5 Å². The zero-order chi connectivity index (χ0) is 18.8. The van der Waals surface area contributed by atoms with Gasteiger partial charge in [-0.1, -0.05) is 36.8 Å². The molecule has 140 valence electrons. The molecule has 0 bridgehead atoms. The maximum Gasteiger partial charge on any atom is 0.261 e. The van der Waals surface area contributed by atoms with E-state index in [0.29, 0.717) is 18.7 Å². The Morgan fingerprint density at radius 1 is 1.08 bits per heavy atom. The van der Waals surface area contributed by atoms with Crippen molar-refractivity contribution in [2.24, 2.45) is 0 Å². The number of amides is 1. The molecule has 0 spiro atoms. The number of rotatable bonds is 10. The molecule has 0 radical (unpaired) electrons. The Kier molecular flexibility index (Phi) is 8.35. The minimum atomic E-state index is -0.481. The molecule has 26 heavy (non-hydrogen) atoms. The van der Waals surface area contributed by atoms with Crippen LogP contribution in [0.5, 0.6) is 11.5 Å². The lowest BCUT2D eigenvalue weighted by molar-refractivity contribution is -0.127. The van der Waals surface area contributed by atoms with Gasteiger partial charge in [-0.15, -0.1) is 0 Å². The number of nitrogens with one attached hydrogen (secondary N) is 1. The van der Waals surface area contributed by atoms with Gasteiger partial charge in [-0.2, -0.15) is 11.8 Å². The van der Waals surface area contributed by atoms with Gasteiger partial charge in [0.15, 0.2) is 6.10 Å². The van der Waals surface area contributed by atoms with Gasteiger partial charge in [-0.05, 0) is 43.2 Å². The van der Waals surface area contributed by atoms with Crippen molar-refractivity contribution in [3.05, 3.63) is 59.7 Å². The summed E-state index contributed by atoms with van der Waals surface area (Å²) in [4.78, 5) is 12.3. The summed E-state index contributed by atoms with van der Waals surface area (Å²) < 4.78 is 10.9. The maximum atomic E-state index is 12.3. The fourth-order valence-electron chi connectivity index (χ4n) is 2.38. The molecule has 0 aliphatic rings. The predicted molar refractivity (Wildman–Crippen MR) is 108 cm³/mol. The van der Waals surface area contributed by atoms with Crippen molar-refractivity contribution < 1.29 is 14.3 Å². The molecule has 2 aromatic rings. The molecule has 1 amide bonds. The first-order chi connectivity index (χ1) is 12.6. The van der Waals surface area contributed by atoms with E-state index in [2.05, 4.69) is 36.5 Å².